The number of aryl methyl sites for hydroxylation is 1. The summed E-state index contributed by atoms with van der Waals surface area (Å²) >= 11 is 1.66. The number of anilines is 1. The molecule has 1 amide bonds. The molecule has 1 heterocycles. The van der Waals surface area contributed by atoms with Crippen LogP contribution >= 0.6 is 11.3 Å². The van der Waals surface area contributed by atoms with Crippen LogP contribution in [-0.4, -0.2) is 5.91 Å². The van der Waals surface area contributed by atoms with Crippen molar-refractivity contribution in [3.8, 4) is 0 Å². The van der Waals surface area contributed by atoms with E-state index in [4.69, 9.17) is 5.73 Å². The molecule has 19 heavy (non-hydrogen) atoms. The molecule has 5 heteroatoms. The molecular weight excluding hydrogens is 263 g/mol. The van der Waals surface area contributed by atoms with E-state index in [-0.39, 0.29) is 17.2 Å². The van der Waals surface area contributed by atoms with Crippen LogP contribution in [0.4, 0.5) is 10.1 Å². The second-order valence-corrected chi connectivity index (χ2v) is 5.43. The number of hydrogen-bond donors (Lipinski definition) is 2. The summed E-state index contributed by atoms with van der Waals surface area (Å²) in [5.74, 6) is -0.827. The van der Waals surface area contributed by atoms with E-state index >= 15 is 0 Å². The van der Waals surface area contributed by atoms with E-state index in [2.05, 4.69) is 12.2 Å². The third-order valence-corrected chi connectivity index (χ3v) is 3.90. The van der Waals surface area contributed by atoms with Crippen molar-refractivity contribution in [2.75, 3.05) is 5.73 Å². The van der Waals surface area contributed by atoms with Crippen LogP contribution < -0.4 is 11.1 Å². The lowest BCUT2D eigenvalue weighted by Crippen LogP contribution is -2.22. The largest absolute Gasteiger partial charge is 0.399 e. The maximum atomic E-state index is 13.1. The van der Waals surface area contributed by atoms with Crippen LogP contribution in [0.5, 0.6) is 0 Å². The fourth-order valence-electron chi connectivity index (χ4n) is 1.72. The first-order valence-electron chi connectivity index (χ1n) is 6.00. The van der Waals surface area contributed by atoms with Crippen molar-refractivity contribution in [3.63, 3.8) is 0 Å². The van der Waals surface area contributed by atoms with Gasteiger partial charge in [0.15, 0.2) is 0 Å². The second-order valence-electron chi connectivity index (χ2n) is 4.18. The van der Waals surface area contributed by atoms with Crippen LogP contribution in [0.15, 0.2) is 30.3 Å². The van der Waals surface area contributed by atoms with E-state index in [1.807, 2.05) is 12.1 Å². The minimum atomic E-state index is -0.505. The minimum absolute atomic E-state index is 0.241. The summed E-state index contributed by atoms with van der Waals surface area (Å²) in [5.41, 5.74) is 5.99. The molecule has 0 aliphatic carbocycles. The van der Waals surface area contributed by atoms with Gasteiger partial charge in [-0.3, -0.25) is 4.79 Å². The topological polar surface area (TPSA) is 55.1 Å². The first-order valence-corrected chi connectivity index (χ1v) is 6.82. The van der Waals surface area contributed by atoms with Crippen molar-refractivity contribution >= 4 is 22.9 Å². The van der Waals surface area contributed by atoms with Crippen LogP contribution in [0.3, 0.4) is 0 Å². The van der Waals surface area contributed by atoms with E-state index in [1.54, 1.807) is 11.3 Å². The third kappa shape index (κ3) is 3.54. The molecule has 2 rings (SSSR count). The highest BCUT2D eigenvalue weighted by Gasteiger charge is 2.08. The van der Waals surface area contributed by atoms with Gasteiger partial charge in [0, 0.05) is 21.0 Å². The van der Waals surface area contributed by atoms with Gasteiger partial charge in [0.25, 0.3) is 5.91 Å². The molecule has 0 fully saturated rings. The van der Waals surface area contributed by atoms with Gasteiger partial charge in [0.1, 0.15) is 5.82 Å². The van der Waals surface area contributed by atoms with E-state index in [1.165, 1.54) is 23.1 Å². The summed E-state index contributed by atoms with van der Waals surface area (Å²) in [6.45, 7) is 2.53. The van der Waals surface area contributed by atoms with Gasteiger partial charge >= 0.3 is 0 Å². The molecule has 0 radical (unpaired) electrons. The molecular formula is C14H15FN2OS. The van der Waals surface area contributed by atoms with Crippen molar-refractivity contribution in [3.05, 3.63) is 51.5 Å². The number of benzene rings is 1. The summed E-state index contributed by atoms with van der Waals surface area (Å²) in [5, 5.41) is 2.76. The van der Waals surface area contributed by atoms with Crippen molar-refractivity contribution in [1.82, 2.24) is 5.32 Å². The maximum absolute atomic E-state index is 13.1. The Balaban J connectivity index is 2.00. The van der Waals surface area contributed by atoms with E-state index in [9.17, 15) is 9.18 Å². The number of rotatable bonds is 4. The van der Waals surface area contributed by atoms with E-state index < -0.39 is 5.82 Å². The standard InChI is InChI=1S/C14H15FN2OS/c1-2-12-3-4-13(19-12)8-17-14(18)9-5-10(15)7-11(16)6-9/h3-7H,2,8,16H2,1H3,(H,17,18). The number of nitrogens with two attached hydrogens (primary N) is 1. The highest BCUT2D eigenvalue weighted by Crippen LogP contribution is 2.17. The van der Waals surface area contributed by atoms with Gasteiger partial charge in [-0.2, -0.15) is 0 Å². The lowest BCUT2D eigenvalue weighted by Gasteiger charge is -2.05. The zero-order valence-corrected chi connectivity index (χ0v) is 11.4. The SMILES string of the molecule is CCc1ccc(CNC(=O)c2cc(N)cc(F)c2)s1. The molecule has 0 unspecified atom stereocenters. The lowest BCUT2D eigenvalue weighted by atomic mass is 10.2. The molecule has 3 nitrogen and oxygen atoms in total. The van der Waals surface area contributed by atoms with Crippen molar-refractivity contribution in [2.24, 2.45) is 0 Å². The predicted octanol–water partition coefficient (Wildman–Crippen LogP) is 2.96. The summed E-state index contributed by atoms with van der Waals surface area (Å²) in [6, 6.07) is 7.86. The smallest absolute Gasteiger partial charge is 0.251 e. The molecule has 100 valence electrons. The molecule has 2 aromatic rings. The third-order valence-electron chi connectivity index (χ3n) is 2.67. The van der Waals surface area contributed by atoms with Crippen LogP contribution in [0.2, 0.25) is 0 Å². The lowest BCUT2D eigenvalue weighted by molar-refractivity contribution is 0.0951. The molecule has 0 atom stereocenters. The summed E-state index contributed by atoms with van der Waals surface area (Å²) in [4.78, 5) is 14.2. The Labute approximate surface area is 115 Å². The number of halogens is 1. The number of carbonyl (C=O) groups is 1. The van der Waals surface area contributed by atoms with Gasteiger partial charge < -0.3 is 11.1 Å². The zero-order chi connectivity index (χ0) is 13.8. The number of nitrogen functional groups attached to an aromatic ring is 1. The second kappa shape index (κ2) is 5.84. The summed E-state index contributed by atoms with van der Waals surface area (Å²) < 4.78 is 13.1. The van der Waals surface area contributed by atoms with Gasteiger partial charge in [0.05, 0.1) is 6.54 Å². The summed E-state index contributed by atoms with van der Waals surface area (Å²) in [7, 11) is 0. The van der Waals surface area contributed by atoms with Crippen molar-refractivity contribution in [1.29, 1.82) is 0 Å². The van der Waals surface area contributed by atoms with Crippen LogP contribution in [-0.2, 0) is 13.0 Å². The Kier molecular flexibility index (Phi) is 4.16. The molecule has 0 saturated carbocycles. The van der Waals surface area contributed by atoms with Crippen LogP contribution in [0.1, 0.15) is 27.0 Å². The Hall–Kier alpha value is -1.88. The average Bonchev–Trinajstić information content (AvgIpc) is 2.82. The van der Waals surface area contributed by atoms with E-state index in [0.29, 0.717) is 6.54 Å². The highest BCUT2D eigenvalue weighted by atomic mass is 32.1. The van der Waals surface area contributed by atoms with Crippen LogP contribution in [0.25, 0.3) is 0 Å². The summed E-state index contributed by atoms with van der Waals surface area (Å²) in [6.07, 6.45) is 0.985. The zero-order valence-electron chi connectivity index (χ0n) is 10.6. The average molecular weight is 278 g/mol. The molecule has 0 aliphatic rings. The maximum Gasteiger partial charge on any atom is 0.251 e. The normalized spacial score (nSPS) is 10.4. The first kappa shape index (κ1) is 13.5. The van der Waals surface area contributed by atoms with Gasteiger partial charge in [-0.05, 0) is 36.8 Å². The minimum Gasteiger partial charge on any atom is -0.399 e. The van der Waals surface area contributed by atoms with Crippen LogP contribution in [0, 0.1) is 5.82 Å². The number of hydrogen-bond acceptors (Lipinski definition) is 3. The van der Waals surface area contributed by atoms with E-state index in [0.717, 1.165) is 11.3 Å². The number of nitrogens with one attached hydrogen (secondary N) is 1. The van der Waals surface area contributed by atoms with Crippen molar-refractivity contribution < 1.29 is 9.18 Å². The Morgan fingerprint density at radius 1 is 1.32 bits per heavy atom. The molecule has 0 bridgehead atoms. The molecule has 1 aromatic carbocycles. The number of thiophene rings is 1. The molecule has 0 saturated heterocycles. The van der Waals surface area contributed by atoms with Gasteiger partial charge in [-0.25, -0.2) is 4.39 Å². The Morgan fingerprint density at radius 3 is 2.68 bits per heavy atom. The first-order chi connectivity index (χ1) is 9.08. The highest BCUT2D eigenvalue weighted by molar-refractivity contribution is 7.11. The Bertz CT molecular complexity index is 575. The molecule has 3 N–H and O–H groups in total. The predicted molar refractivity (Wildman–Crippen MR) is 75.7 cm³/mol. The molecule has 1 aromatic heterocycles. The monoisotopic (exact) mass is 278 g/mol. The quantitative estimate of drug-likeness (QED) is 0.845. The van der Waals surface area contributed by atoms with Crippen molar-refractivity contribution in [2.45, 2.75) is 19.9 Å². The molecule has 0 spiro atoms. The number of amides is 1. The fraction of sp³-hybridized carbons (Fsp3) is 0.214. The van der Waals surface area contributed by atoms with Gasteiger partial charge in [-0.15, -0.1) is 11.3 Å². The number of carbonyl (C=O) groups excluding carboxylic acids is 1. The van der Waals surface area contributed by atoms with Gasteiger partial charge in [-0.1, -0.05) is 6.92 Å². The molecule has 0 aliphatic heterocycles. The van der Waals surface area contributed by atoms with Gasteiger partial charge in [0.2, 0.25) is 0 Å². The fourth-order valence-corrected chi connectivity index (χ4v) is 2.62. The Morgan fingerprint density at radius 2 is 2.05 bits per heavy atom.